The van der Waals surface area contributed by atoms with Crippen LogP contribution in [0.3, 0.4) is 0 Å². The number of para-hydroxylation sites is 1. The number of rotatable bonds is 7. The third-order valence-corrected chi connectivity index (χ3v) is 11.9. The zero-order chi connectivity index (χ0) is 44.5. The highest BCUT2D eigenvalue weighted by atomic mass is 16.5. The Morgan fingerprint density at radius 1 is 0.694 bits per heavy atom. The van der Waals surface area contributed by atoms with Crippen LogP contribution in [0.2, 0.25) is 0 Å². The van der Waals surface area contributed by atoms with E-state index in [1.165, 1.54) is 10.1 Å². The lowest BCUT2D eigenvalue weighted by Crippen LogP contribution is -2.67. The Labute approximate surface area is 366 Å². The molecule has 9 aromatic rings. The van der Waals surface area contributed by atoms with Crippen molar-refractivity contribution in [3.8, 4) is 45.3 Å². The molecule has 5 heterocycles. The van der Waals surface area contributed by atoms with E-state index < -0.39 is 13.8 Å². The molecule has 3 aromatic heterocycles. The van der Waals surface area contributed by atoms with E-state index in [0.717, 1.165) is 55.3 Å². The van der Waals surface area contributed by atoms with Gasteiger partial charge in [-0.25, -0.2) is 9.98 Å². The maximum Gasteiger partial charge on any atom is 0.316 e. The van der Waals surface area contributed by atoms with Gasteiger partial charge in [-0.15, -0.1) is 0 Å². The van der Waals surface area contributed by atoms with Crippen LogP contribution in [0, 0.1) is 6.33 Å². The number of fused-ring (bicyclic) bond motifs is 5. The van der Waals surface area contributed by atoms with Crippen molar-refractivity contribution in [2.24, 2.45) is 12.0 Å². The number of benzene rings is 6. The van der Waals surface area contributed by atoms with Crippen molar-refractivity contribution in [2.45, 2.75) is 26.2 Å². The molecule has 8 heteroatoms. The molecular weight excluding hydrogens is 759 g/mol. The quantitative estimate of drug-likeness (QED) is 0.0916. The first-order valence-corrected chi connectivity index (χ1v) is 20.9. The summed E-state index contributed by atoms with van der Waals surface area (Å²) in [5, 5.41) is 2.21. The molecule has 2 aliphatic rings. The van der Waals surface area contributed by atoms with E-state index in [9.17, 15) is 0 Å². The molecule has 0 N–H and O–H groups in total. The SMILES string of the molecule is [2H]C([2H])([2H])[n+]1[c-]n(-c2cccc(Oc3ccc4c5ccccc5n(-c5cc(C(C)(C)C)ccn5)c4c3)c2)c2c1B(c1c(-c3ccccc3)cccc1-c1ccccc1)N1C=CC=CC1=N2. The molecule has 0 bridgehead atoms. The van der Waals surface area contributed by atoms with Crippen LogP contribution in [-0.2, 0) is 12.4 Å². The van der Waals surface area contributed by atoms with Crippen LogP contribution < -0.4 is 20.4 Å². The summed E-state index contributed by atoms with van der Waals surface area (Å²) >= 11 is 0. The summed E-state index contributed by atoms with van der Waals surface area (Å²) in [6.07, 6.45) is 13.0. The smallest absolute Gasteiger partial charge is 0.316 e. The fraction of sp³-hybridized carbons (Fsp3) is 0.0926. The number of aryl methyl sites for hydroxylation is 1. The van der Waals surface area contributed by atoms with Gasteiger partial charge in [0, 0.05) is 23.0 Å². The van der Waals surface area contributed by atoms with Crippen LogP contribution in [0.1, 0.15) is 30.4 Å². The van der Waals surface area contributed by atoms with Gasteiger partial charge < -0.3 is 18.7 Å². The summed E-state index contributed by atoms with van der Waals surface area (Å²) in [5.74, 6) is 3.19. The van der Waals surface area contributed by atoms with Gasteiger partial charge >= 0.3 is 6.85 Å². The topological polar surface area (TPSA) is 51.5 Å². The van der Waals surface area contributed by atoms with Crippen molar-refractivity contribution in [1.82, 2.24) is 18.9 Å². The number of imidazole rings is 1. The minimum absolute atomic E-state index is 0.0525. The first kappa shape index (κ1) is 34.1. The second kappa shape index (κ2) is 14.8. The van der Waals surface area contributed by atoms with E-state index >= 15 is 0 Å². The zero-order valence-electron chi connectivity index (χ0n) is 37.6. The van der Waals surface area contributed by atoms with Gasteiger partial charge in [0.05, 0.1) is 33.4 Å². The van der Waals surface area contributed by atoms with Gasteiger partial charge in [-0.3, -0.25) is 4.57 Å². The van der Waals surface area contributed by atoms with Crippen molar-refractivity contribution < 1.29 is 13.4 Å². The number of aromatic nitrogens is 4. The highest BCUT2D eigenvalue weighted by Crippen LogP contribution is 2.37. The Bertz CT molecular complexity index is 3340. The summed E-state index contributed by atoms with van der Waals surface area (Å²) in [5.41, 5.74) is 9.26. The maximum absolute atomic E-state index is 8.95. The van der Waals surface area contributed by atoms with E-state index in [0.29, 0.717) is 34.4 Å². The Morgan fingerprint density at radius 2 is 1.40 bits per heavy atom. The molecule has 7 nitrogen and oxygen atoms in total. The van der Waals surface area contributed by atoms with E-state index in [2.05, 4.69) is 127 Å². The molecule has 0 atom stereocenters. The summed E-state index contributed by atoms with van der Waals surface area (Å²) in [6.45, 7) is 3.41. The van der Waals surface area contributed by atoms with Crippen LogP contribution in [0.5, 0.6) is 11.5 Å². The molecule has 0 fully saturated rings. The van der Waals surface area contributed by atoms with Crippen molar-refractivity contribution >= 4 is 51.4 Å². The fourth-order valence-electron chi connectivity index (χ4n) is 8.91. The number of pyridine rings is 1. The highest BCUT2D eigenvalue weighted by Gasteiger charge is 2.40. The first-order chi connectivity index (χ1) is 31.5. The number of aliphatic imine (C=N–C) groups is 1. The van der Waals surface area contributed by atoms with Crippen molar-refractivity contribution in [3.63, 3.8) is 0 Å². The van der Waals surface area contributed by atoms with Crippen LogP contribution >= 0.6 is 0 Å². The lowest BCUT2D eigenvalue weighted by molar-refractivity contribution is -0.658. The molecule has 6 aromatic carbocycles. The summed E-state index contributed by atoms with van der Waals surface area (Å²) in [4.78, 5) is 12.1. The maximum atomic E-state index is 8.95. The predicted octanol–water partition coefficient (Wildman–Crippen LogP) is 10.6. The van der Waals surface area contributed by atoms with Crippen LogP contribution in [0.4, 0.5) is 5.82 Å². The van der Waals surface area contributed by atoms with Gasteiger partial charge in [0.2, 0.25) is 6.33 Å². The molecule has 0 aliphatic carbocycles. The molecule has 11 rings (SSSR count). The van der Waals surface area contributed by atoms with Gasteiger partial charge in [0.15, 0.2) is 0 Å². The van der Waals surface area contributed by atoms with Crippen LogP contribution in [-0.4, -0.2) is 31.6 Å². The van der Waals surface area contributed by atoms with E-state index in [-0.39, 0.29) is 5.41 Å². The van der Waals surface area contributed by atoms with Gasteiger partial charge in [-0.05, 0) is 99.5 Å². The van der Waals surface area contributed by atoms with Gasteiger partial charge in [0.25, 0.3) is 0 Å². The fourth-order valence-corrected chi connectivity index (χ4v) is 8.91. The summed E-state index contributed by atoms with van der Waals surface area (Å²) in [6, 6.07) is 53.2. The Kier molecular flexibility index (Phi) is 8.12. The van der Waals surface area contributed by atoms with Crippen molar-refractivity contribution in [1.29, 1.82) is 0 Å². The van der Waals surface area contributed by atoms with E-state index in [4.69, 9.17) is 18.8 Å². The number of hydrogen-bond acceptors (Lipinski definition) is 4. The number of allylic oxidation sites excluding steroid dienone is 2. The highest BCUT2D eigenvalue weighted by molar-refractivity contribution is 6.87. The molecule has 0 amide bonds. The number of hydrogen-bond donors (Lipinski definition) is 0. The molecule has 298 valence electrons. The standard InChI is InChI=1S/C54H43BN6O/c1-54(2,3)39-30-31-56-50(33-39)61-47-26-12-11-23-45(47)46-29-28-42(35-48(46)61)62-41-22-15-21-40(34-41)59-36-58(4)52-53(59)57-49-27-13-14-32-60(49)55(52)51-43(37-17-7-5-8-18-37)24-16-25-44(51)38-19-9-6-10-20-38/h5-35H,1-4H3/i4D3. The molecular formula is C54H43BN6O. The van der Waals surface area contributed by atoms with E-state index in [1.807, 2.05) is 97.4 Å². The minimum Gasteiger partial charge on any atom is -0.458 e. The minimum atomic E-state index is -2.60. The van der Waals surface area contributed by atoms with Crippen molar-refractivity contribution in [2.75, 3.05) is 0 Å². The normalized spacial score (nSPS) is 14.3. The van der Waals surface area contributed by atoms with Gasteiger partial charge in [-0.2, -0.15) is 0 Å². The average Bonchev–Trinajstić information content (AvgIpc) is 3.87. The van der Waals surface area contributed by atoms with E-state index in [1.54, 1.807) is 4.57 Å². The zero-order valence-corrected chi connectivity index (χ0v) is 34.6. The Balaban J connectivity index is 1.06. The van der Waals surface area contributed by atoms with Gasteiger partial charge in [0.1, 0.15) is 29.0 Å². The Hall–Kier alpha value is -7.71. The molecule has 0 saturated carbocycles. The largest absolute Gasteiger partial charge is 0.458 e. The first-order valence-electron chi connectivity index (χ1n) is 22.4. The number of nitrogens with zero attached hydrogens (tertiary/aromatic N) is 6. The van der Waals surface area contributed by atoms with Crippen molar-refractivity contribution in [3.05, 3.63) is 200 Å². The van der Waals surface area contributed by atoms with Gasteiger partial charge in [-0.1, -0.05) is 136 Å². The monoisotopic (exact) mass is 805 g/mol. The molecule has 0 spiro atoms. The van der Waals surface area contributed by atoms with Crippen LogP contribution in [0.25, 0.3) is 55.6 Å². The second-order valence-electron chi connectivity index (χ2n) is 16.7. The van der Waals surface area contributed by atoms with Crippen LogP contribution in [0.15, 0.2) is 193 Å². The number of amidine groups is 1. The number of ether oxygens (including phenoxy) is 1. The summed E-state index contributed by atoms with van der Waals surface area (Å²) in [7, 11) is 0. The molecule has 2 aliphatic heterocycles. The predicted molar refractivity (Wildman–Crippen MR) is 253 cm³/mol. The molecule has 62 heavy (non-hydrogen) atoms. The third-order valence-electron chi connectivity index (χ3n) is 11.9. The molecule has 0 radical (unpaired) electrons. The Morgan fingerprint density at radius 3 is 2.16 bits per heavy atom. The lowest BCUT2D eigenvalue weighted by Gasteiger charge is -2.36. The second-order valence-corrected chi connectivity index (χ2v) is 16.7. The third kappa shape index (κ3) is 6.34. The molecule has 0 saturated heterocycles. The average molecular weight is 806 g/mol. The molecule has 0 unspecified atom stereocenters. The lowest BCUT2D eigenvalue weighted by atomic mass is 9.47. The summed E-state index contributed by atoms with van der Waals surface area (Å²) < 4.78 is 38.8.